The van der Waals surface area contributed by atoms with E-state index in [-0.39, 0.29) is 11.3 Å². The summed E-state index contributed by atoms with van der Waals surface area (Å²) in [4.78, 5) is 0. The maximum atomic E-state index is 13.1. The van der Waals surface area contributed by atoms with Gasteiger partial charge in [-0.05, 0) is 6.07 Å². The summed E-state index contributed by atoms with van der Waals surface area (Å²) < 4.78 is 30.7. The third-order valence-electron chi connectivity index (χ3n) is 1.55. The van der Waals surface area contributed by atoms with E-state index in [2.05, 4.69) is 9.89 Å². The Hall–Kier alpha value is -1.36. The number of oxime groups is 1. The van der Waals surface area contributed by atoms with Crippen LogP contribution in [-0.2, 0) is 0 Å². The van der Waals surface area contributed by atoms with Crippen molar-refractivity contribution >= 4 is 16.8 Å². The lowest BCUT2D eigenvalue weighted by molar-refractivity contribution is 0.320. The molecule has 1 aromatic rings. The lowest BCUT2D eigenvalue weighted by Gasteiger charge is -2.04. The summed E-state index contributed by atoms with van der Waals surface area (Å²) in [5.74, 6) is -1.86. The molecule has 0 amide bonds. The predicted octanol–water partition coefficient (Wildman–Crippen LogP) is 2.35. The van der Waals surface area contributed by atoms with Crippen LogP contribution in [0.4, 0.5) is 8.78 Å². The summed E-state index contributed by atoms with van der Waals surface area (Å²) in [6.45, 7) is 0. The highest BCUT2D eigenvalue weighted by molar-refractivity contribution is 6.69. The van der Waals surface area contributed by atoms with E-state index in [1.54, 1.807) is 0 Å². The van der Waals surface area contributed by atoms with Gasteiger partial charge in [0.1, 0.15) is 5.82 Å². The number of hydrogen-bond donors (Lipinski definition) is 1. The normalized spacial score (nSPS) is 11.6. The summed E-state index contributed by atoms with van der Waals surface area (Å²) in [5, 5.41) is 10.3. The van der Waals surface area contributed by atoms with Crippen molar-refractivity contribution < 1.29 is 18.7 Å². The molecule has 0 heterocycles. The molecule has 14 heavy (non-hydrogen) atoms. The smallest absolute Gasteiger partial charge is 0.178 e. The quantitative estimate of drug-likeness (QED) is 0.473. The molecule has 1 rings (SSSR count). The Labute approximate surface area is 83.6 Å². The van der Waals surface area contributed by atoms with Crippen molar-refractivity contribution in [2.75, 3.05) is 7.11 Å². The van der Waals surface area contributed by atoms with E-state index in [4.69, 9.17) is 16.8 Å². The highest BCUT2D eigenvalue weighted by atomic mass is 35.5. The molecule has 0 atom stereocenters. The third kappa shape index (κ3) is 1.93. The van der Waals surface area contributed by atoms with Crippen molar-refractivity contribution in [2.45, 2.75) is 0 Å². The Kier molecular flexibility index (Phi) is 3.24. The Balaban J connectivity index is 3.29. The van der Waals surface area contributed by atoms with Gasteiger partial charge in [-0.25, -0.2) is 8.78 Å². The number of ether oxygens (including phenoxy) is 1. The lowest BCUT2D eigenvalue weighted by Crippen LogP contribution is -1.99. The SMILES string of the molecule is COc1cc(F)c(C(Cl)=NO)cc1F. The molecule has 0 aliphatic carbocycles. The molecular weight excluding hydrogens is 216 g/mol. The van der Waals surface area contributed by atoms with Gasteiger partial charge < -0.3 is 9.94 Å². The molecule has 76 valence electrons. The first kappa shape index (κ1) is 10.7. The number of benzene rings is 1. The molecule has 0 radical (unpaired) electrons. The molecule has 1 aromatic carbocycles. The van der Waals surface area contributed by atoms with E-state index in [0.717, 1.165) is 12.1 Å². The largest absolute Gasteiger partial charge is 0.494 e. The van der Waals surface area contributed by atoms with Crippen molar-refractivity contribution in [1.29, 1.82) is 0 Å². The van der Waals surface area contributed by atoms with Crippen LogP contribution in [-0.4, -0.2) is 17.5 Å². The maximum absolute atomic E-state index is 13.1. The van der Waals surface area contributed by atoms with E-state index < -0.39 is 16.8 Å². The molecule has 3 nitrogen and oxygen atoms in total. The molecule has 0 saturated carbocycles. The fraction of sp³-hybridized carbons (Fsp3) is 0.125. The highest BCUT2D eigenvalue weighted by Crippen LogP contribution is 2.22. The van der Waals surface area contributed by atoms with Crippen LogP contribution in [0.2, 0.25) is 0 Å². The molecule has 0 fully saturated rings. The third-order valence-corrected chi connectivity index (χ3v) is 1.83. The fourth-order valence-electron chi connectivity index (χ4n) is 0.897. The Morgan fingerprint density at radius 2 is 2.07 bits per heavy atom. The van der Waals surface area contributed by atoms with Gasteiger partial charge in [-0.1, -0.05) is 16.8 Å². The summed E-state index contributed by atoms with van der Waals surface area (Å²) in [6.07, 6.45) is 0. The van der Waals surface area contributed by atoms with Gasteiger partial charge in [-0.15, -0.1) is 0 Å². The minimum absolute atomic E-state index is 0.242. The van der Waals surface area contributed by atoms with Crippen LogP contribution in [0, 0.1) is 11.6 Å². The van der Waals surface area contributed by atoms with Crippen molar-refractivity contribution in [3.8, 4) is 5.75 Å². The van der Waals surface area contributed by atoms with Crippen LogP contribution in [0.25, 0.3) is 0 Å². The summed E-state index contributed by atoms with van der Waals surface area (Å²) in [5.41, 5.74) is -0.326. The number of rotatable bonds is 2. The molecule has 0 aliphatic heterocycles. The first-order chi connectivity index (χ1) is 6.60. The molecule has 0 unspecified atom stereocenters. The van der Waals surface area contributed by atoms with Crippen molar-refractivity contribution in [2.24, 2.45) is 5.16 Å². The molecule has 0 aromatic heterocycles. The molecule has 6 heteroatoms. The second kappa shape index (κ2) is 4.23. The first-order valence-corrected chi connectivity index (χ1v) is 3.89. The second-order valence-corrected chi connectivity index (χ2v) is 2.72. The molecule has 0 bridgehead atoms. The van der Waals surface area contributed by atoms with Crippen LogP contribution < -0.4 is 4.74 Å². The average molecular weight is 222 g/mol. The van der Waals surface area contributed by atoms with Crippen molar-refractivity contribution in [3.05, 3.63) is 29.3 Å². The zero-order chi connectivity index (χ0) is 10.7. The minimum Gasteiger partial charge on any atom is -0.494 e. The average Bonchev–Trinajstić information content (AvgIpc) is 2.19. The summed E-state index contributed by atoms with van der Waals surface area (Å²) >= 11 is 5.32. The maximum Gasteiger partial charge on any atom is 0.178 e. The van der Waals surface area contributed by atoms with Gasteiger partial charge in [0.25, 0.3) is 0 Å². The van der Waals surface area contributed by atoms with Crippen LogP contribution in [0.5, 0.6) is 5.75 Å². The van der Waals surface area contributed by atoms with Crippen molar-refractivity contribution in [3.63, 3.8) is 0 Å². The number of nitrogens with zero attached hydrogens (tertiary/aromatic N) is 1. The Bertz CT molecular complexity index is 382. The topological polar surface area (TPSA) is 41.8 Å². The standard InChI is InChI=1S/C8H6ClF2NO2/c1-14-7-3-5(10)4(2-6(7)11)8(9)12-13/h2-3,13H,1H3. The fourth-order valence-corrected chi connectivity index (χ4v) is 1.04. The van der Waals surface area contributed by atoms with E-state index in [1.807, 2.05) is 0 Å². The van der Waals surface area contributed by atoms with Gasteiger partial charge in [0, 0.05) is 6.07 Å². The van der Waals surface area contributed by atoms with E-state index in [9.17, 15) is 8.78 Å². The van der Waals surface area contributed by atoms with Gasteiger partial charge in [0.2, 0.25) is 0 Å². The van der Waals surface area contributed by atoms with Gasteiger partial charge in [0.15, 0.2) is 16.7 Å². The molecule has 0 spiro atoms. The zero-order valence-electron chi connectivity index (χ0n) is 7.09. The van der Waals surface area contributed by atoms with Gasteiger partial charge in [-0.2, -0.15) is 0 Å². The van der Waals surface area contributed by atoms with Crippen LogP contribution in [0.3, 0.4) is 0 Å². The number of hydrogen-bond acceptors (Lipinski definition) is 3. The summed E-state index contributed by atoms with van der Waals surface area (Å²) in [7, 11) is 1.21. The van der Waals surface area contributed by atoms with E-state index in [1.165, 1.54) is 7.11 Å². The van der Waals surface area contributed by atoms with Gasteiger partial charge in [-0.3, -0.25) is 0 Å². The van der Waals surface area contributed by atoms with E-state index >= 15 is 0 Å². The molecule has 0 saturated heterocycles. The number of halogens is 3. The zero-order valence-corrected chi connectivity index (χ0v) is 7.85. The first-order valence-electron chi connectivity index (χ1n) is 3.51. The number of methoxy groups -OCH3 is 1. The minimum atomic E-state index is -0.828. The monoisotopic (exact) mass is 221 g/mol. The van der Waals surface area contributed by atoms with E-state index in [0.29, 0.717) is 0 Å². The second-order valence-electron chi connectivity index (χ2n) is 2.36. The predicted molar refractivity (Wildman–Crippen MR) is 47.1 cm³/mol. The van der Waals surface area contributed by atoms with Gasteiger partial charge in [0.05, 0.1) is 12.7 Å². The van der Waals surface area contributed by atoms with Crippen LogP contribution >= 0.6 is 11.6 Å². The van der Waals surface area contributed by atoms with Crippen LogP contribution in [0.1, 0.15) is 5.56 Å². The Morgan fingerprint density at radius 3 is 2.57 bits per heavy atom. The molecular formula is C8H6ClF2NO2. The summed E-state index contributed by atoms with van der Waals surface area (Å²) in [6, 6.07) is 1.61. The lowest BCUT2D eigenvalue weighted by atomic mass is 10.2. The highest BCUT2D eigenvalue weighted by Gasteiger charge is 2.13. The van der Waals surface area contributed by atoms with Crippen molar-refractivity contribution in [1.82, 2.24) is 0 Å². The molecule has 0 aliphatic rings. The van der Waals surface area contributed by atoms with Gasteiger partial charge >= 0.3 is 0 Å². The molecule has 1 N–H and O–H groups in total. The Morgan fingerprint density at radius 1 is 1.43 bits per heavy atom. The van der Waals surface area contributed by atoms with Crippen LogP contribution in [0.15, 0.2) is 17.3 Å².